The lowest BCUT2D eigenvalue weighted by Gasteiger charge is -2.22. The van der Waals surface area contributed by atoms with E-state index in [-0.39, 0.29) is 0 Å². The van der Waals surface area contributed by atoms with Gasteiger partial charge < -0.3 is 23.1 Å². The highest BCUT2D eigenvalue weighted by Gasteiger charge is 2.26. The smallest absolute Gasteiger partial charge is 0.248 e. The molecule has 4 aromatic carbocycles. The highest BCUT2D eigenvalue weighted by atomic mass is 16.4. The van der Waals surface area contributed by atoms with Gasteiger partial charge in [-0.2, -0.15) is 0 Å². The molecule has 9 heteroatoms. The van der Waals surface area contributed by atoms with E-state index in [2.05, 4.69) is 184 Å². The fourth-order valence-corrected chi connectivity index (χ4v) is 9.67. The molecule has 2 aliphatic carbocycles. The minimum atomic E-state index is 0.442. The second-order valence-electron chi connectivity index (χ2n) is 16.4. The van der Waals surface area contributed by atoms with Crippen molar-refractivity contribution in [1.82, 2.24) is 19.3 Å². The summed E-state index contributed by atoms with van der Waals surface area (Å²) < 4.78 is 25.2. The van der Waals surface area contributed by atoms with Crippen LogP contribution in [-0.4, -0.2) is 62.6 Å². The van der Waals surface area contributed by atoms with Crippen LogP contribution in [0.3, 0.4) is 0 Å². The first kappa shape index (κ1) is 43.3. The monoisotopic (exact) mass is 864 g/mol. The van der Waals surface area contributed by atoms with Crippen LogP contribution in [0.4, 0.5) is 11.4 Å². The maximum absolute atomic E-state index is 6.85. The summed E-state index contributed by atoms with van der Waals surface area (Å²) in [6.45, 7) is 24.7. The van der Waals surface area contributed by atoms with Gasteiger partial charge in [-0.05, 0) is 115 Å². The summed E-state index contributed by atoms with van der Waals surface area (Å²) in [5, 5.41) is 13.9. The third-order valence-corrected chi connectivity index (χ3v) is 13.2. The average Bonchev–Trinajstić information content (AvgIpc) is 3.84. The van der Waals surface area contributed by atoms with Crippen molar-refractivity contribution in [3.8, 4) is 67.8 Å². The van der Waals surface area contributed by atoms with Crippen molar-refractivity contribution in [3.63, 3.8) is 0 Å². The fraction of sp³-hybridized carbons (Fsp3) is 0.286. The van der Waals surface area contributed by atoms with Gasteiger partial charge in [0.1, 0.15) is 48.9 Å². The number of nitrogens with zero attached hydrogens (tertiary/aromatic N) is 6. The molecular formula is C56H60N6O3+2. The van der Waals surface area contributed by atoms with E-state index in [0.717, 1.165) is 152 Å². The van der Waals surface area contributed by atoms with Gasteiger partial charge in [-0.25, -0.2) is 9.15 Å². The first-order chi connectivity index (χ1) is 31.9. The number of rotatable bonds is 14. The van der Waals surface area contributed by atoms with Gasteiger partial charge in [-0.1, -0.05) is 36.4 Å². The van der Waals surface area contributed by atoms with Crippen LogP contribution in [0.2, 0.25) is 0 Å². The highest BCUT2D eigenvalue weighted by Crippen LogP contribution is 2.47. The van der Waals surface area contributed by atoms with E-state index in [4.69, 9.17) is 23.4 Å². The Morgan fingerprint density at radius 2 is 0.785 bits per heavy atom. The molecule has 0 bridgehead atoms. The van der Waals surface area contributed by atoms with E-state index in [1.165, 1.54) is 0 Å². The van der Waals surface area contributed by atoms with Crippen molar-refractivity contribution in [2.24, 2.45) is 0 Å². The Kier molecular flexibility index (Phi) is 12.4. The van der Waals surface area contributed by atoms with Crippen molar-refractivity contribution < 1.29 is 13.3 Å². The van der Waals surface area contributed by atoms with Gasteiger partial charge in [0, 0.05) is 106 Å². The first-order valence-electron chi connectivity index (χ1n) is 23.6. The Morgan fingerprint density at radius 3 is 1.15 bits per heavy atom. The molecule has 0 unspecified atom stereocenters. The normalized spacial score (nSPS) is 11.6. The lowest BCUT2D eigenvalue weighted by atomic mass is 9.90. The van der Waals surface area contributed by atoms with Crippen molar-refractivity contribution in [2.75, 3.05) is 62.2 Å². The molecule has 0 amide bonds. The van der Waals surface area contributed by atoms with Crippen molar-refractivity contribution in [1.29, 1.82) is 0 Å². The summed E-state index contributed by atoms with van der Waals surface area (Å²) in [6, 6.07) is 43.0. The molecule has 3 heterocycles. The molecule has 4 aliphatic rings. The zero-order chi connectivity index (χ0) is 45.2. The number of hydrogen-bond acceptors (Lipinski definition) is 7. The second-order valence-corrected chi connectivity index (χ2v) is 16.4. The third-order valence-electron chi connectivity index (χ3n) is 13.2. The molecule has 9 nitrogen and oxygen atoms in total. The molecule has 2 aliphatic heterocycles. The van der Waals surface area contributed by atoms with Gasteiger partial charge in [0.05, 0.1) is 12.1 Å². The van der Waals surface area contributed by atoms with Crippen LogP contribution < -0.4 is 29.7 Å². The van der Waals surface area contributed by atoms with Crippen molar-refractivity contribution in [2.45, 2.75) is 55.4 Å². The standard InChI is InChI=1S/C56H60N6O3/c1-9-59(10-2)37-25-29-45-49(33-37)63-50-34-38(60(11-3)12-4)26-30-46(50)53(45)41-21-17-19-23-43(41)55-57-58-56(65-55)44-24-20-18-22-42(44)54-47-31-27-39(61(13-5)14-6)35-51(47)64-52-36-40(28-32-48(52)54)62(15-7)16-8/h17-36H,9-16H2,1-8H3/q+2. The first-order valence-corrected chi connectivity index (χ1v) is 23.6. The molecule has 330 valence electrons. The molecule has 0 radical (unpaired) electrons. The minimum Gasteiger partial charge on any atom is -0.456 e. The van der Waals surface area contributed by atoms with Crippen LogP contribution in [0.1, 0.15) is 55.4 Å². The van der Waals surface area contributed by atoms with E-state index >= 15 is 0 Å². The molecule has 0 spiro atoms. The third kappa shape index (κ3) is 7.87. The molecule has 5 aromatic rings. The largest absolute Gasteiger partial charge is 0.456 e. The van der Waals surface area contributed by atoms with Crippen LogP contribution in [0, 0.1) is 0 Å². The van der Waals surface area contributed by atoms with E-state index in [9.17, 15) is 0 Å². The van der Waals surface area contributed by atoms with Gasteiger partial charge in [0.2, 0.25) is 22.5 Å². The Bertz CT molecular complexity index is 3010. The quantitative estimate of drug-likeness (QED) is 0.0796. The average molecular weight is 865 g/mol. The van der Waals surface area contributed by atoms with Gasteiger partial charge >= 0.3 is 0 Å². The second kappa shape index (κ2) is 18.6. The lowest BCUT2D eigenvalue weighted by Crippen LogP contribution is -2.29. The number of fused-ring (bicyclic) bond motifs is 4. The fourth-order valence-electron chi connectivity index (χ4n) is 9.67. The van der Waals surface area contributed by atoms with Gasteiger partial charge in [-0.15, -0.1) is 10.2 Å². The SMILES string of the molecule is CCN(CC)c1ccc2c(-c3ccccc3-c3nnc(-c4ccccc4-c4c5ccc(=[N+](CC)CC)cc-5oc5cc(N(CC)CC)ccc45)o3)c3ccc(=[N+](CC)CC)cc-3oc2c1. The van der Waals surface area contributed by atoms with Gasteiger partial charge in [0.15, 0.2) is 0 Å². The van der Waals surface area contributed by atoms with Crippen LogP contribution in [0.25, 0.3) is 89.7 Å². The summed E-state index contributed by atoms with van der Waals surface area (Å²) in [4.78, 5) is 4.69. The summed E-state index contributed by atoms with van der Waals surface area (Å²) in [5.74, 6) is 2.53. The number of aromatic nitrogens is 2. The Morgan fingerprint density at radius 1 is 0.400 bits per heavy atom. The van der Waals surface area contributed by atoms with Crippen LogP contribution in [-0.2, 0) is 0 Å². The number of anilines is 2. The van der Waals surface area contributed by atoms with Crippen LogP contribution >= 0.6 is 0 Å². The van der Waals surface area contributed by atoms with E-state index in [1.54, 1.807) is 0 Å². The summed E-state index contributed by atoms with van der Waals surface area (Å²) in [6.07, 6.45) is 0. The Labute approximate surface area is 381 Å². The topological polar surface area (TPSA) is 77.7 Å². The van der Waals surface area contributed by atoms with Crippen molar-refractivity contribution in [3.05, 3.63) is 132 Å². The minimum absolute atomic E-state index is 0.442. The van der Waals surface area contributed by atoms with Crippen LogP contribution in [0.5, 0.6) is 0 Å². The molecule has 9 rings (SSSR count). The number of benzene rings is 6. The van der Waals surface area contributed by atoms with E-state index < -0.39 is 0 Å². The Balaban J connectivity index is 1.23. The maximum atomic E-state index is 6.85. The number of hydrogen-bond donors (Lipinski definition) is 0. The Hall–Kier alpha value is -7.00. The van der Waals surface area contributed by atoms with E-state index in [0.29, 0.717) is 11.8 Å². The van der Waals surface area contributed by atoms with E-state index in [1.807, 2.05) is 12.1 Å². The maximum Gasteiger partial charge on any atom is 0.248 e. The predicted octanol–water partition coefficient (Wildman–Crippen LogP) is 11.8. The molecule has 0 saturated carbocycles. The van der Waals surface area contributed by atoms with Crippen LogP contribution in [0.15, 0.2) is 135 Å². The zero-order valence-corrected chi connectivity index (χ0v) is 39.1. The lowest BCUT2D eigenvalue weighted by molar-refractivity contribution is 0.585. The van der Waals surface area contributed by atoms with Gasteiger partial charge in [0.25, 0.3) is 0 Å². The predicted molar refractivity (Wildman–Crippen MR) is 269 cm³/mol. The van der Waals surface area contributed by atoms with Crippen molar-refractivity contribution >= 4 is 33.3 Å². The molecule has 65 heavy (non-hydrogen) atoms. The highest BCUT2D eigenvalue weighted by molar-refractivity contribution is 6.07. The molecular weight excluding hydrogens is 805 g/mol. The van der Waals surface area contributed by atoms with Gasteiger partial charge in [-0.3, -0.25) is 0 Å². The summed E-state index contributed by atoms with van der Waals surface area (Å²) >= 11 is 0. The molecule has 0 fully saturated rings. The molecule has 0 atom stereocenters. The summed E-state index contributed by atoms with van der Waals surface area (Å²) in [5.41, 5.74) is 11.7. The molecule has 0 N–H and O–H groups in total. The molecule has 1 aromatic heterocycles. The zero-order valence-electron chi connectivity index (χ0n) is 39.1. The molecule has 0 saturated heterocycles. The summed E-state index contributed by atoms with van der Waals surface area (Å²) in [7, 11) is 0.